The topological polar surface area (TPSA) is 108 Å². The fourth-order valence-corrected chi connectivity index (χ4v) is 4.24. The minimum absolute atomic E-state index is 0.108. The predicted molar refractivity (Wildman–Crippen MR) is 128 cm³/mol. The van der Waals surface area contributed by atoms with Crippen molar-refractivity contribution in [1.29, 1.82) is 0 Å². The van der Waals surface area contributed by atoms with E-state index in [4.69, 9.17) is 4.74 Å². The Balaban J connectivity index is 1.42. The smallest absolute Gasteiger partial charge is 0.323 e. The van der Waals surface area contributed by atoms with Crippen molar-refractivity contribution in [1.82, 2.24) is 15.5 Å². The number of aromatic hydroxyl groups is 1. The number of imide groups is 1. The minimum atomic E-state index is -1.59. The van der Waals surface area contributed by atoms with E-state index < -0.39 is 17.5 Å². The number of methoxy groups -OCH3 is 1. The fraction of sp³-hybridized carbons (Fsp3) is 0.148. The van der Waals surface area contributed by atoms with Gasteiger partial charge in [-0.1, -0.05) is 48.2 Å². The molecule has 35 heavy (non-hydrogen) atoms. The highest BCUT2D eigenvalue weighted by atomic mass is 16.5. The van der Waals surface area contributed by atoms with E-state index in [1.54, 1.807) is 36.4 Å². The maximum absolute atomic E-state index is 13.0. The molecule has 0 aliphatic carbocycles. The fourth-order valence-electron chi connectivity index (χ4n) is 4.24. The van der Waals surface area contributed by atoms with Gasteiger partial charge in [-0.3, -0.25) is 14.9 Å². The first-order valence-corrected chi connectivity index (χ1v) is 10.9. The van der Waals surface area contributed by atoms with Crippen LogP contribution in [0.1, 0.15) is 21.5 Å². The molecule has 2 heterocycles. The summed E-state index contributed by atoms with van der Waals surface area (Å²) in [7, 11) is 1.52. The number of hydrogen-bond acceptors (Lipinski definition) is 5. The molecule has 0 saturated carbocycles. The molecule has 174 valence electrons. The first-order chi connectivity index (χ1) is 16.9. The van der Waals surface area contributed by atoms with Gasteiger partial charge < -0.3 is 20.1 Å². The van der Waals surface area contributed by atoms with Crippen LogP contribution in [0.15, 0.2) is 66.7 Å². The van der Waals surface area contributed by atoms with Crippen molar-refractivity contribution >= 4 is 17.8 Å². The molecule has 0 bridgehead atoms. The van der Waals surface area contributed by atoms with E-state index in [9.17, 15) is 19.5 Å². The molecule has 8 heteroatoms. The molecule has 3 aromatic rings. The number of carbonyl (C=O) groups is 3. The van der Waals surface area contributed by atoms with Crippen LogP contribution in [0.5, 0.6) is 11.5 Å². The quantitative estimate of drug-likeness (QED) is 0.404. The summed E-state index contributed by atoms with van der Waals surface area (Å²) in [6, 6.07) is 18.7. The van der Waals surface area contributed by atoms with Gasteiger partial charge in [0.25, 0.3) is 11.8 Å². The molecule has 2 aliphatic rings. The summed E-state index contributed by atoms with van der Waals surface area (Å²) in [5.41, 5.74) is 1.83. The van der Waals surface area contributed by atoms with Crippen LogP contribution in [0.25, 0.3) is 11.1 Å². The highest BCUT2D eigenvalue weighted by molar-refractivity contribution is 6.10. The van der Waals surface area contributed by atoms with Crippen LogP contribution < -0.4 is 15.4 Å². The van der Waals surface area contributed by atoms with E-state index >= 15 is 0 Å². The zero-order chi connectivity index (χ0) is 24.6. The lowest BCUT2D eigenvalue weighted by molar-refractivity contribution is -0.122. The molecule has 0 spiro atoms. The number of nitrogens with zero attached hydrogens (tertiary/aromatic N) is 1. The van der Waals surface area contributed by atoms with Gasteiger partial charge in [0.2, 0.25) is 5.54 Å². The van der Waals surface area contributed by atoms with Crippen LogP contribution in [-0.2, 0) is 11.3 Å². The Labute approximate surface area is 201 Å². The van der Waals surface area contributed by atoms with Crippen LogP contribution in [0.3, 0.4) is 0 Å². The molecule has 3 aromatic carbocycles. The number of benzene rings is 3. The first kappa shape index (κ1) is 22.0. The molecule has 8 nitrogen and oxygen atoms in total. The molecule has 0 unspecified atom stereocenters. The molecule has 1 saturated heterocycles. The van der Waals surface area contributed by atoms with Crippen molar-refractivity contribution < 1.29 is 24.2 Å². The van der Waals surface area contributed by atoms with Gasteiger partial charge in [-0.25, -0.2) is 4.79 Å². The SMILES string of the molecule is COc1ccc2c(c1)C(=O)N(C[C@@]1(C#Cc3ccc(-c4ccccc4O)cc3)NC(=O)NC1=O)C2. The third-order valence-corrected chi connectivity index (χ3v) is 6.09. The number of fused-ring (bicyclic) bond motifs is 1. The second-order valence-corrected chi connectivity index (χ2v) is 8.34. The number of amides is 4. The molecule has 0 aromatic heterocycles. The van der Waals surface area contributed by atoms with E-state index in [0.717, 1.165) is 11.1 Å². The van der Waals surface area contributed by atoms with Crippen LogP contribution in [0, 0.1) is 11.8 Å². The lowest BCUT2D eigenvalue weighted by Crippen LogP contribution is -2.54. The second kappa shape index (κ2) is 8.54. The number of carbonyl (C=O) groups excluding carboxylic acids is 3. The molecule has 5 rings (SSSR count). The summed E-state index contributed by atoms with van der Waals surface area (Å²) < 4.78 is 5.21. The maximum atomic E-state index is 13.0. The third-order valence-electron chi connectivity index (χ3n) is 6.09. The monoisotopic (exact) mass is 467 g/mol. The number of hydrogen-bond donors (Lipinski definition) is 3. The van der Waals surface area contributed by atoms with Crippen LogP contribution in [0.2, 0.25) is 0 Å². The zero-order valence-corrected chi connectivity index (χ0v) is 18.8. The summed E-state index contributed by atoms with van der Waals surface area (Å²) in [6.07, 6.45) is 0. The maximum Gasteiger partial charge on any atom is 0.323 e. The Kier molecular flexibility index (Phi) is 5.38. The van der Waals surface area contributed by atoms with Gasteiger partial charge in [0.1, 0.15) is 11.5 Å². The minimum Gasteiger partial charge on any atom is -0.507 e. The van der Waals surface area contributed by atoms with Gasteiger partial charge in [0, 0.05) is 23.2 Å². The van der Waals surface area contributed by atoms with Gasteiger partial charge in [0.05, 0.1) is 13.7 Å². The lowest BCUT2D eigenvalue weighted by atomic mass is 9.98. The Morgan fingerprint density at radius 3 is 2.49 bits per heavy atom. The van der Waals surface area contributed by atoms with Crippen LogP contribution >= 0.6 is 0 Å². The summed E-state index contributed by atoms with van der Waals surface area (Å²) in [4.78, 5) is 39.3. The second-order valence-electron chi connectivity index (χ2n) is 8.34. The number of para-hydroxylation sites is 1. The average Bonchev–Trinajstić information content (AvgIpc) is 3.32. The van der Waals surface area contributed by atoms with E-state index in [2.05, 4.69) is 22.5 Å². The van der Waals surface area contributed by atoms with Gasteiger partial charge in [0.15, 0.2) is 0 Å². The number of phenols is 1. The van der Waals surface area contributed by atoms with E-state index in [1.165, 1.54) is 12.0 Å². The molecule has 2 aliphatic heterocycles. The summed E-state index contributed by atoms with van der Waals surface area (Å²) in [6.45, 7) is 0.184. The van der Waals surface area contributed by atoms with Crippen LogP contribution in [-0.4, -0.2) is 47.0 Å². The van der Waals surface area contributed by atoms with E-state index in [0.29, 0.717) is 29.0 Å². The van der Waals surface area contributed by atoms with Gasteiger partial charge in [-0.05, 0) is 41.5 Å². The standard InChI is InChI=1S/C27H21N3O5/c1-35-20-11-10-19-15-30(24(32)22(19)14-20)16-27(25(33)28-26(34)29-27)13-12-17-6-8-18(9-7-17)21-4-2-3-5-23(21)31/h2-11,14,31H,15-16H2,1H3,(H2,28,29,33,34)/t27-/m1/s1. The molecule has 3 N–H and O–H groups in total. The first-order valence-electron chi connectivity index (χ1n) is 10.9. The Hall–Kier alpha value is -4.77. The summed E-state index contributed by atoms with van der Waals surface area (Å²) >= 11 is 0. The van der Waals surface area contributed by atoms with E-state index in [-0.39, 0.29) is 18.2 Å². The largest absolute Gasteiger partial charge is 0.507 e. The number of phenolic OH excluding ortho intramolecular Hbond substituents is 1. The number of ether oxygens (including phenoxy) is 1. The van der Waals surface area contributed by atoms with Crippen LogP contribution in [0.4, 0.5) is 4.79 Å². The molecule has 1 atom stereocenters. The van der Waals surface area contributed by atoms with Crippen molar-refractivity contribution in [2.75, 3.05) is 13.7 Å². The Bertz CT molecular complexity index is 1420. The summed E-state index contributed by atoms with van der Waals surface area (Å²) in [5.74, 6) is 5.71. The van der Waals surface area contributed by atoms with Crippen molar-refractivity contribution in [3.8, 4) is 34.5 Å². The lowest BCUT2D eigenvalue weighted by Gasteiger charge is -2.26. The van der Waals surface area contributed by atoms with Crippen molar-refractivity contribution in [2.24, 2.45) is 0 Å². The van der Waals surface area contributed by atoms with Gasteiger partial charge in [-0.15, -0.1) is 0 Å². The highest BCUT2D eigenvalue weighted by Crippen LogP contribution is 2.30. The predicted octanol–water partition coefficient (Wildman–Crippen LogP) is 2.65. The van der Waals surface area contributed by atoms with Gasteiger partial charge in [-0.2, -0.15) is 0 Å². The molecule has 4 amide bonds. The van der Waals surface area contributed by atoms with Crippen molar-refractivity contribution in [3.63, 3.8) is 0 Å². The van der Waals surface area contributed by atoms with Gasteiger partial charge >= 0.3 is 6.03 Å². The summed E-state index contributed by atoms with van der Waals surface area (Å²) in [5, 5.41) is 14.9. The number of urea groups is 1. The van der Waals surface area contributed by atoms with Crippen molar-refractivity contribution in [3.05, 3.63) is 83.4 Å². The Morgan fingerprint density at radius 2 is 1.80 bits per heavy atom. The molecular formula is C27H21N3O5. The highest BCUT2D eigenvalue weighted by Gasteiger charge is 2.48. The normalized spacial score (nSPS) is 18.4. The van der Waals surface area contributed by atoms with E-state index in [1.807, 2.05) is 30.3 Å². The third kappa shape index (κ3) is 4.04. The number of rotatable bonds is 4. The molecule has 0 radical (unpaired) electrons. The molecular weight excluding hydrogens is 446 g/mol. The number of nitrogens with one attached hydrogen (secondary N) is 2. The average molecular weight is 467 g/mol. The Morgan fingerprint density at radius 1 is 1.03 bits per heavy atom. The zero-order valence-electron chi connectivity index (χ0n) is 18.8. The van der Waals surface area contributed by atoms with Crippen molar-refractivity contribution in [2.45, 2.75) is 12.1 Å². The molecule has 1 fully saturated rings.